The van der Waals surface area contributed by atoms with Crippen LogP contribution in [0.4, 0.5) is 11.4 Å². The normalized spacial score (nSPS) is 10.5. The highest BCUT2D eigenvalue weighted by atomic mass is 16.2. The fraction of sp³-hybridized carbons (Fsp3) is 0.300. The van der Waals surface area contributed by atoms with Gasteiger partial charge in [0, 0.05) is 11.4 Å². The lowest BCUT2D eigenvalue weighted by Gasteiger charge is -2.21. The maximum absolute atomic E-state index is 12.2. The van der Waals surface area contributed by atoms with Gasteiger partial charge >= 0.3 is 0 Å². The van der Waals surface area contributed by atoms with Crippen molar-refractivity contribution >= 4 is 23.2 Å². The van der Waals surface area contributed by atoms with E-state index >= 15 is 0 Å². The van der Waals surface area contributed by atoms with Gasteiger partial charge < -0.3 is 10.6 Å². The van der Waals surface area contributed by atoms with Crippen LogP contribution in [0.15, 0.2) is 60.7 Å². The fourth-order valence-electron chi connectivity index (χ4n) is 2.45. The quantitative estimate of drug-likeness (QED) is 0.736. The second-order valence-corrected chi connectivity index (χ2v) is 5.89. The number of benzene rings is 2. The number of hydrogen-bond donors (Lipinski definition) is 2. The number of hydrogen-bond acceptors (Lipinski definition) is 3. The minimum absolute atomic E-state index is 0.116. The molecular formula is C20H25N3O2. The van der Waals surface area contributed by atoms with Gasteiger partial charge in [0.25, 0.3) is 0 Å². The Balaban J connectivity index is 1.88. The van der Waals surface area contributed by atoms with E-state index in [4.69, 9.17) is 0 Å². The van der Waals surface area contributed by atoms with E-state index in [0.717, 1.165) is 24.2 Å². The molecule has 2 rings (SSSR count). The molecule has 0 aromatic heterocycles. The van der Waals surface area contributed by atoms with Gasteiger partial charge in [-0.1, -0.05) is 49.7 Å². The minimum atomic E-state index is -0.116. The van der Waals surface area contributed by atoms with E-state index in [2.05, 4.69) is 17.6 Å². The monoisotopic (exact) mass is 339 g/mol. The van der Waals surface area contributed by atoms with E-state index in [9.17, 15) is 9.59 Å². The molecule has 0 radical (unpaired) electrons. The van der Waals surface area contributed by atoms with Crippen LogP contribution in [0.1, 0.15) is 19.8 Å². The second-order valence-electron chi connectivity index (χ2n) is 5.89. The van der Waals surface area contributed by atoms with Crippen LogP contribution in [0.2, 0.25) is 0 Å². The van der Waals surface area contributed by atoms with Crippen molar-refractivity contribution in [2.75, 3.05) is 30.3 Å². The van der Waals surface area contributed by atoms with Crippen molar-refractivity contribution in [3.05, 3.63) is 60.7 Å². The van der Waals surface area contributed by atoms with E-state index in [0.29, 0.717) is 6.54 Å². The predicted octanol–water partition coefficient (Wildman–Crippen LogP) is 3.37. The molecule has 0 spiro atoms. The summed E-state index contributed by atoms with van der Waals surface area (Å²) in [6, 6.07) is 18.7. The average molecular weight is 339 g/mol. The summed E-state index contributed by atoms with van der Waals surface area (Å²) in [5.41, 5.74) is 1.52. The number of carbonyl (C=O) groups is 2. The Morgan fingerprint density at radius 2 is 1.24 bits per heavy atom. The standard InChI is InChI=1S/C20H25N3O2/c1-2-3-14-23(15-19(24)21-17-10-6-4-7-11-17)16-20(25)22-18-12-8-5-9-13-18/h4-13H,2-3,14-16H2,1H3,(H,21,24)(H,22,25). The van der Waals surface area contributed by atoms with Gasteiger partial charge in [-0.25, -0.2) is 0 Å². The molecule has 0 bridgehead atoms. The van der Waals surface area contributed by atoms with Gasteiger partial charge in [-0.3, -0.25) is 14.5 Å². The lowest BCUT2D eigenvalue weighted by Crippen LogP contribution is -2.39. The molecule has 2 aromatic rings. The molecule has 132 valence electrons. The van der Waals surface area contributed by atoms with Crippen molar-refractivity contribution in [2.45, 2.75) is 19.8 Å². The molecule has 5 heteroatoms. The number of nitrogens with zero attached hydrogens (tertiary/aromatic N) is 1. The SMILES string of the molecule is CCCCN(CC(=O)Nc1ccccc1)CC(=O)Nc1ccccc1. The van der Waals surface area contributed by atoms with Crippen LogP contribution < -0.4 is 10.6 Å². The van der Waals surface area contributed by atoms with E-state index in [1.54, 1.807) is 0 Å². The lowest BCUT2D eigenvalue weighted by atomic mass is 10.3. The smallest absolute Gasteiger partial charge is 0.238 e. The van der Waals surface area contributed by atoms with Crippen LogP contribution in [-0.2, 0) is 9.59 Å². The summed E-state index contributed by atoms with van der Waals surface area (Å²) in [5.74, 6) is -0.232. The van der Waals surface area contributed by atoms with Crippen LogP contribution in [0.25, 0.3) is 0 Å². The average Bonchev–Trinajstić information content (AvgIpc) is 2.61. The molecule has 25 heavy (non-hydrogen) atoms. The second kappa shape index (κ2) is 10.3. The van der Waals surface area contributed by atoms with Crippen molar-refractivity contribution in [1.29, 1.82) is 0 Å². The number of rotatable bonds is 9. The first-order chi connectivity index (χ1) is 12.2. The number of nitrogens with one attached hydrogen (secondary N) is 2. The molecule has 0 atom stereocenters. The number of unbranched alkanes of at least 4 members (excludes halogenated alkanes) is 1. The van der Waals surface area contributed by atoms with Crippen LogP contribution in [0, 0.1) is 0 Å². The van der Waals surface area contributed by atoms with Gasteiger partial charge in [0.05, 0.1) is 13.1 Å². The van der Waals surface area contributed by atoms with Crippen molar-refractivity contribution < 1.29 is 9.59 Å². The molecule has 0 aliphatic carbocycles. The summed E-state index contributed by atoms with van der Waals surface area (Å²) in [4.78, 5) is 26.4. The van der Waals surface area contributed by atoms with Gasteiger partial charge in [-0.15, -0.1) is 0 Å². The van der Waals surface area contributed by atoms with Crippen LogP contribution in [0.5, 0.6) is 0 Å². The Kier molecular flexibility index (Phi) is 7.66. The van der Waals surface area contributed by atoms with E-state index in [-0.39, 0.29) is 24.9 Å². The summed E-state index contributed by atoms with van der Waals surface area (Å²) in [5, 5.41) is 5.72. The molecule has 5 nitrogen and oxygen atoms in total. The molecule has 0 aliphatic rings. The maximum Gasteiger partial charge on any atom is 0.238 e. The van der Waals surface area contributed by atoms with E-state index < -0.39 is 0 Å². The molecule has 0 saturated heterocycles. The highest BCUT2D eigenvalue weighted by Crippen LogP contribution is 2.07. The van der Waals surface area contributed by atoms with Gasteiger partial charge in [0.2, 0.25) is 11.8 Å². The highest BCUT2D eigenvalue weighted by molar-refractivity contribution is 5.94. The zero-order valence-electron chi connectivity index (χ0n) is 14.6. The molecular weight excluding hydrogens is 314 g/mol. The minimum Gasteiger partial charge on any atom is -0.325 e. The Morgan fingerprint density at radius 1 is 0.800 bits per heavy atom. The third-order valence-corrected chi connectivity index (χ3v) is 3.68. The molecule has 0 unspecified atom stereocenters. The number of carbonyl (C=O) groups excluding carboxylic acids is 2. The number of para-hydroxylation sites is 2. The van der Waals surface area contributed by atoms with Crippen LogP contribution in [-0.4, -0.2) is 36.3 Å². The van der Waals surface area contributed by atoms with E-state index in [1.165, 1.54) is 0 Å². The lowest BCUT2D eigenvalue weighted by molar-refractivity contribution is -0.120. The Hall–Kier alpha value is -2.66. The first kappa shape index (κ1) is 18.7. The van der Waals surface area contributed by atoms with Gasteiger partial charge in [-0.05, 0) is 37.2 Å². The zero-order chi connectivity index (χ0) is 17.9. The van der Waals surface area contributed by atoms with Crippen molar-refractivity contribution in [3.8, 4) is 0 Å². The molecule has 2 N–H and O–H groups in total. The largest absolute Gasteiger partial charge is 0.325 e. The van der Waals surface area contributed by atoms with Crippen molar-refractivity contribution in [2.24, 2.45) is 0 Å². The van der Waals surface area contributed by atoms with Gasteiger partial charge in [-0.2, -0.15) is 0 Å². The molecule has 0 heterocycles. The van der Waals surface area contributed by atoms with E-state index in [1.807, 2.05) is 65.6 Å². The Labute approximate surface area is 149 Å². The van der Waals surface area contributed by atoms with Crippen LogP contribution in [0.3, 0.4) is 0 Å². The van der Waals surface area contributed by atoms with Gasteiger partial charge in [0.15, 0.2) is 0 Å². The maximum atomic E-state index is 12.2. The highest BCUT2D eigenvalue weighted by Gasteiger charge is 2.14. The Bertz CT molecular complexity index is 604. The van der Waals surface area contributed by atoms with Crippen molar-refractivity contribution in [1.82, 2.24) is 4.90 Å². The fourth-order valence-corrected chi connectivity index (χ4v) is 2.45. The predicted molar refractivity (Wildman–Crippen MR) is 101 cm³/mol. The summed E-state index contributed by atoms with van der Waals surface area (Å²) in [6.07, 6.45) is 1.95. The van der Waals surface area contributed by atoms with Crippen LogP contribution >= 0.6 is 0 Å². The molecule has 0 saturated carbocycles. The number of anilines is 2. The summed E-state index contributed by atoms with van der Waals surface area (Å²) >= 11 is 0. The third-order valence-electron chi connectivity index (χ3n) is 3.68. The number of amides is 2. The van der Waals surface area contributed by atoms with Gasteiger partial charge in [0.1, 0.15) is 0 Å². The summed E-state index contributed by atoms with van der Waals surface area (Å²) < 4.78 is 0. The first-order valence-electron chi connectivity index (χ1n) is 8.59. The summed E-state index contributed by atoms with van der Waals surface area (Å²) in [6.45, 7) is 3.18. The molecule has 0 aliphatic heterocycles. The molecule has 2 aromatic carbocycles. The third kappa shape index (κ3) is 7.18. The topological polar surface area (TPSA) is 61.4 Å². The molecule has 0 fully saturated rings. The zero-order valence-corrected chi connectivity index (χ0v) is 14.6. The Morgan fingerprint density at radius 3 is 1.64 bits per heavy atom. The summed E-state index contributed by atoms with van der Waals surface area (Å²) in [7, 11) is 0. The van der Waals surface area contributed by atoms with Crippen molar-refractivity contribution in [3.63, 3.8) is 0 Å². The first-order valence-corrected chi connectivity index (χ1v) is 8.59. The molecule has 2 amide bonds.